The number of hydrogen-bond donors (Lipinski definition) is 0. The second kappa shape index (κ2) is 7.27. The van der Waals surface area contributed by atoms with Crippen molar-refractivity contribution in [2.24, 2.45) is 0 Å². The van der Waals surface area contributed by atoms with Crippen molar-refractivity contribution in [3.63, 3.8) is 0 Å². The molecule has 0 atom stereocenters. The number of carbonyl (C=O) groups is 1. The minimum absolute atomic E-state index is 0.00624. The largest absolute Gasteiger partial charge is 0.457 e. The molecule has 0 saturated carbocycles. The fourth-order valence-corrected chi connectivity index (χ4v) is 2.41. The molecule has 3 rings (SSSR count). The van der Waals surface area contributed by atoms with E-state index in [9.17, 15) is 9.18 Å². The molecule has 3 aromatic rings. The molecule has 4 nitrogen and oxygen atoms in total. The van der Waals surface area contributed by atoms with Gasteiger partial charge in [0.05, 0.1) is 18.3 Å². The van der Waals surface area contributed by atoms with Crippen LogP contribution < -0.4 is 0 Å². The summed E-state index contributed by atoms with van der Waals surface area (Å²) in [6, 6.07) is 13.4. The average Bonchev–Trinajstić information content (AvgIpc) is 3.04. The van der Waals surface area contributed by atoms with Gasteiger partial charge < -0.3 is 4.74 Å². The Hall–Kier alpha value is -2.66. The Morgan fingerprint density at radius 2 is 2.04 bits per heavy atom. The predicted octanol–water partition coefficient (Wildman–Crippen LogP) is 4.08. The molecule has 0 aliphatic rings. The summed E-state index contributed by atoms with van der Waals surface area (Å²) in [5.41, 5.74) is 1.83. The van der Waals surface area contributed by atoms with Crippen LogP contribution in [0.5, 0.6) is 0 Å². The lowest BCUT2D eigenvalue weighted by atomic mass is 10.2. The second-order valence-electron chi connectivity index (χ2n) is 5.22. The van der Waals surface area contributed by atoms with Crippen molar-refractivity contribution in [1.82, 2.24) is 9.78 Å². The molecule has 1 heterocycles. The van der Waals surface area contributed by atoms with Crippen molar-refractivity contribution in [2.75, 3.05) is 0 Å². The van der Waals surface area contributed by atoms with E-state index in [1.807, 2.05) is 18.2 Å². The van der Waals surface area contributed by atoms with Crippen LogP contribution in [-0.4, -0.2) is 15.7 Å². The molecule has 0 bridgehead atoms. The van der Waals surface area contributed by atoms with Gasteiger partial charge in [0.25, 0.3) is 0 Å². The Bertz CT molecular complexity index is 863. The standard InChI is InChI=1S/C18H14ClFN2O2/c19-17-7-2-1-5-14(17)10-22-11-15(9-21-22)18(23)24-12-13-4-3-6-16(20)8-13/h1-9,11H,10,12H2. The maximum atomic E-state index is 13.1. The zero-order chi connectivity index (χ0) is 16.9. The molecule has 6 heteroatoms. The lowest BCUT2D eigenvalue weighted by Gasteiger charge is -2.04. The van der Waals surface area contributed by atoms with Gasteiger partial charge in [-0.2, -0.15) is 5.10 Å². The minimum atomic E-state index is -0.510. The quantitative estimate of drug-likeness (QED) is 0.655. The fourth-order valence-electron chi connectivity index (χ4n) is 2.22. The number of carbonyl (C=O) groups excluding carboxylic acids is 1. The maximum Gasteiger partial charge on any atom is 0.341 e. The average molecular weight is 345 g/mol. The van der Waals surface area contributed by atoms with Crippen molar-refractivity contribution in [3.8, 4) is 0 Å². The molecule has 24 heavy (non-hydrogen) atoms. The van der Waals surface area contributed by atoms with E-state index >= 15 is 0 Å². The molecule has 0 aliphatic carbocycles. The van der Waals surface area contributed by atoms with Crippen LogP contribution in [0.25, 0.3) is 0 Å². The first kappa shape index (κ1) is 16.2. The molecule has 0 radical (unpaired) electrons. The number of ether oxygens (including phenoxy) is 1. The monoisotopic (exact) mass is 344 g/mol. The molecule has 122 valence electrons. The van der Waals surface area contributed by atoms with Gasteiger partial charge in [0, 0.05) is 11.2 Å². The van der Waals surface area contributed by atoms with Gasteiger partial charge in [0.15, 0.2) is 0 Å². The molecule has 0 unspecified atom stereocenters. The summed E-state index contributed by atoms with van der Waals surface area (Å²) in [6.07, 6.45) is 3.03. The van der Waals surface area contributed by atoms with Crippen molar-refractivity contribution in [2.45, 2.75) is 13.2 Å². The van der Waals surface area contributed by atoms with Crippen molar-refractivity contribution in [3.05, 3.63) is 88.5 Å². The first-order valence-electron chi connectivity index (χ1n) is 7.29. The number of rotatable bonds is 5. The van der Waals surface area contributed by atoms with E-state index in [1.165, 1.54) is 18.3 Å². The van der Waals surface area contributed by atoms with Gasteiger partial charge in [-0.1, -0.05) is 41.9 Å². The topological polar surface area (TPSA) is 44.1 Å². The highest BCUT2D eigenvalue weighted by Gasteiger charge is 2.11. The van der Waals surface area contributed by atoms with Crippen LogP contribution in [0, 0.1) is 5.82 Å². The SMILES string of the molecule is O=C(OCc1cccc(F)c1)c1cnn(Cc2ccccc2Cl)c1. The molecule has 2 aromatic carbocycles. The minimum Gasteiger partial charge on any atom is -0.457 e. The third-order valence-electron chi connectivity index (χ3n) is 3.42. The van der Waals surface area contributed by atoms with E-state index in [2.05, 4.69) is 5.10 Å². The van der Waals surface area contributed by atoms with E-state index in [0.717, 1.165) is 5.56 Å². The van der Waals surface area contributed by atoms with Gasteiger partial charge in [-0.05, 0) is 29.3 Å². The Kier molecular flexibility index (Phi) is 4.91. The summed E-state index contributed by atoms with van der Waals surface area (Å²) in [7, 11) is 0. The van der Waals surface area contributed by atoms with Crippen molar-refractivity contribution >= 4 is 17.6 Å². The van der Waals surface area contributed by atoms with Crippen LogP contribution in [0.4, 0.5) is 4.39 Å². The highest BCUT2D eigenvalue weighted by molar-refractivity contribution is 6.31. The van der Waals surface area contributed by atoms with Crippen LogP contribution in [0.1, 0.15) is 21.5 Å². The zero-order valence-corrected chi connectivity index (χ0v) is 13.4. The summed E-state index contributed by atoms with van der Waals surface area (Å²) >= 11 is 6.11. The van der Waals surface area contributed by atoms with Gasteiger partial charge in [0.1, 0.15) is 12.4 Å². The van der Waals surface area contributed by atoms with Crippen LogP contribution in [0.15, 0.2) is 60.9 Å². The van der Waals surface area contributed by atoms with Gasteiger partial charge in [-0.3, -0.25) is 4.68 Å². The highest BCUT2D eigenvalue weighted by Crippen LogP contribution is 2.16. The number of esters is 1. The molecule has 0 amide bonds. The predicted molar refractivity (Wildman–Crippen MR) is 88.3 cm³/mol. The molecule has 0 fully saturated rings. The number of hydrogen-bond acceptors (Lipinski definition) is 3. The van der Waals surface area contributed by atoms with Crippen LogP contribution in [0.2, 0.25) is 5.02 Å². The van der Waals surface area contributed by atoms with Crippen LogP contribution in [0.3, 0.4) is 0 Å². The molecule has 0 spiro atoms. The summed E-state index contributed by atoms with van der Waals surface area (Å²) in [5, 5.41) is 4.78. The maximum absolute atomic E-state index is 13.1. The van der Waals surface area contributed by atoms with Gasteiger partial charge >= 0.3 is 5.97 Å². The number of nitrogens with zero attached hydrogens (tertiary/aromatic N) is 2. The Morgan fingerprint density at radius 1 is 1.21 bits per heavy atom. The third kappa shape index (κ3) is 4.00. The number of benzene rings is 2. The van der Waals surface area contributed by atoms with E-state index in [1.54, 1.807) is 29.1 Å². The van der Waals surface area contributed by atoms with Gasteiger partial charge in [-0.25, -0.2) is 9.18 Å². The molecular formula is C18H14ClFN2O2. The fraction of sp³-hybridized carbons (Fsp3) is 0.111. The highest BCUT2D eigenvalue weighted by atomic mass is 35.5. The van der Waals surface area contributed by atoms with Gasteiger partial charge in [0.2, 0.25) is 0 Å². The van der Waals surface area contributed by atoms with Crippen LogP contribution >= 0.6 is 11.6 Å². The Balaban J connectivity index is 1.62. The first-order chi connectivity index (χ1) is 11.6. The zero-order valence-electron chi connectivity index (χ0n) is 12.7. The lowest BCUT2D eigenvalue weighted by molar-refractivity contribution is 0.0472. The summed E-state index contributed by atoms with van der Waals surface area (Å²) in [4.78, 5) is 12.0. The van der Waals surface area contributed by atoms with Crippen molar-refractivity contribution < 1.29 is 13.9 Å². The summed E-state index contributed by atoms with van der Waals surface area (Å²) in [6.45, 7) is 0.461. The first-order valence-corrected chi connectivity index (χ1v) is 7.67. The third-order valence-corrected chi connectivity index (χ3v) is 3.79. The van der Waals surface area contributed by atoms with Crippen LogP contribution in [-0.2, 0) is 17.9 Å². The lowest BCUT2D eigenvalue weighted by Crippen LogP contribution is -2.05. The number of aromatic nitrogens is 2. The second-order valence-corrected chi connectivity index (χ2v) is 5.63. The Labute approximate surface area is 143 Å². The molecule has 0 aliphatic heterocycles. The summed E-state index contributed by atoms with van der Waals surface area (Å²) in [5.74, 6) is -0.874. The molecule has 1 aromatic heterocycles. The Morgan fingerprint density at radius 3 is 2.83 bits per heavy atom. The van der Waals surface area contributed by atoms with E-state index in [-0.39, 0.29) is 12.4 Å². The van der Waals surface area contributed by atoms with Crippen molar-refractivity contribution in [1.29, 1.82) is 0 Å². The normalized spacial score (nSPS) is 10.6. The number of halogens is 2. The van der Waals surface area contributed by atoms with E-state index < -0.39 is 5.97 Å². The molecule has 0 saturated heterocycles. The van der Waals surface area contributed by atoms with E-state index in [4.69, 9.17) is 16.3 Å². The summed E-state index contributed by atoms with van der Waals surface area (Å²) < 4.78 is 19.9. The van der Waals surface area contributed by atoms with E-state index in [0.29, 0.717) is 22.7 Å². The molecule has 0 N–H and O–H groups in total. The molecular weight excluding hydrogens is 331 g/mol. The smallest absolute Gasteiger partial charge is 0.341 e. The van der Waals surface area contributed by atoms with Gasteiger partial charge in [-0.15, -0.1) is 0 Å².